The number of nitrogens with one attached hydrogen (secondary N) is 1. The van der Waals surface area contributed by atoms with E-state index < -0.39 is 6.17 Å². The van der Waals surface area contributed by atoms with Crippen molar-refractivity contribution in [1.29, 1.82) is 0 Å². The number of hydrogen-bond donors (Lipinski definition) is 1. The van der Waals surface area contributed by atoms with E-state index in [9.17, 15) is 4.39 Å². The first-order valence-electron chi connectivity index (χ1n) is 6.85. The van der Waals surface area contributed by atoms with Crippen LogP contribution >= 0.6 is 11.6 Å². The highest BCUT2D eigenvalue weighted by Crippen LogP contribution is 2.27. The number of ether oxygens (including phenoxy) is 2. The topological polar surface area (TPSA) is 30.5 Å². The lowest BCUT2D eigenvalue weighted by Gasteiger charge is -2.09. The summed E-state index contributed by atoms with van der Waals surface area (Å²) in [6.45, 7) is 2.32. The molecule has 1 rings (SSSR count). The van der Waals surface area contributed by atoms with Gasteiger partial charge in [-0.05, 0) is 43.0 Å². The quantitative estimate of drug-likeness (QED) is 0.721. The van der Waals surface area contributed by atoms with E-state index in [0.29, 0.717) is 18.0 Å². The maximum Gasteiger partial charge on any atom is 0.161 e. The molecule has 1 atom stereocenters. The number of halogens is 2. The van der Waals surface area contributed by atoms with Crippen molar-refractivity contribution in [1.82, 2.24) is 5.32 Å². The molecule has 3 nitrogen and oxygen atoms in total. The van der Waals surface area contributed by atoms with Crippen LogP contribution in [0.2, 0.25) is 0 Å². The molecular formula is C17H21ClFNO2. The summed E-state index contributed by atoms with van der Waals surface area (Å²) in [7, 11) is 3.20. The molecule has 0 heterocycles. The third kappa shape index (κ3) is 5.82. The van der Waals surface area contributed by atoms with Crippen molar-refractivity contribution >= 4 is 11.6 Å². The number of hydrogen-bond acceptors (Lipinski definition) is 3. The largest absolute Gasteiger partial charge is 0.493 e. The van der Waals surface area contributed by atoms with E-state index >= 15 is 0 Å². The fourth-order valence-electron chi connectivity index (χ4n) is 1.70. The second-order valence-corrected chi connectivity index (χ2v) is 4.83. The van der Waals surface area contributed by atoms with Crippen molar-refractivity contribution in [2.45, 2.75) is 19.6 Å². The molecule has 120 valence electrons. The second kappa shape index (κ2) is 9.90. The van der Waals surface area contributed by atoms with Gasteiger partial charge < -0.3 is 14.8 Å². The first kappa shape index (κ1) is 18.1. The Labute approximate surface area is 136 Å². The summed E-state index contributed by atoms with van der Waals surface area (Å²) < 4.78 is 23.8. The Morgan fingerprint density at radius 1 is 1.27 bits per heavy atom. The molecule has 1 N–H and O–H groups in total. The van der Waals surface area contributed by atoms with Crippen molar-refractivity contribution in [3.05, 3.63) is 59.3 Å². The molecule has 0 aliphatic rings. The third-order valence-electron chi connectivity index (χ3n) is 2.90. The lowest BCUT2D eigenvalue weighted by molar-refractivity contribution is 0.354. The van der Waals surface area contributed by atoms with E-state index in [1.165, 1.54) is 12.2 Å². The van der Waals surface area contributed by atoms with E-state index in [-0.39, 0.29) is 5.03 Å². The number of rotatable bonds is 8. The fraction of sp³-hybridized carbons (Fsp3) is 0.294. The fourth-order valence-corrected chi connectivity index (χ4v) is 1.78. The molecule has 22 heavy (non-hydrogen) atoms. The number of allylic oxidation sites excluding steroid dienone is 5. The van der Waals surface area contributed by atoms with Gasteiger partial charge in [-0.25, -0.2) is 4.39 Å². The lowest BCUT2D eigenvalue weighted by atomic mass is 10.2. The first-order valence-corrected chi connectivity index (χ1v) is 7.23. The van der Waals surface area contributed by atoms with Gasteiger partial charge in [-0.15, -0.1) is 0 Å². The first-order chi connectivity index (χ1) is 10.6. The molecule has 5 heteroatoms. The molecule has 0 aliphatic heterocycles. The summed E-state index contributed by atoms with van der Waals surface area (Å²) >= 11 is 5.66. The molecule has 0 bridgehead atoms. The molecule has 0 aliphatic carbocycles. The normalized spacial score (nSPS) is 13.6. The van der Waals surface area contributed by atoms with E-state index in [2.05, 4.69) is 5.32 Å². The van der Waals surface area contributed by atoms with Crippen LogP contribution in [0, 0.1) is 0 Å². The molecule has 1 aromatic rings. The molecule has 1 unspecified atom stereocenters. The molecule has 0 amide bonds. The highest BCUT2D eigenvalue weighted by atomic mass is 35.5. The minimum absolute atomic E-state index is 0.183. The van der Waals surface area contributed by atoms with Gasteiger partial charge in [0.15, 0.2) is 17.7 Å². The molecule has 0 saturated carbocycles. The van der Waals surface area contributed by atoms with Gasteiger partial charge in [0, 0.05) is 6.54 Å². The molecule has 0 fully saturated rings. The van der Waals surface area contributed by atoms with Gasteiger partial charge in [-0.3, -0.25) is 0 Å². The third-order valence-corrected chi connectivity index (χ3v) is 3.33. The van der Waals surface area contributed by atoms with Gasteiger partial charge in [0.1, 0.15) is 0 Å². The highest BCUT2D eigenvalue weighted by molar-refractivity contribution is 6.30. The van der Waals surface area contributed by atoms with Crippen molar-refractivity contribution in [2.24, 2.45) is 0 Å². The minimum atomic E-state index is -1.26. The zero-order chi connectivity index (χ0) is 16.4. The van der Waals surface area contributed by atoms with Gasteiger partial charge in [-0.2, -0.15) is 0 Å². The summed E-state index contributed by atoms with van der Waals surface area (Å²) in [5.41, 5.74) is 1.05. The predicted molar refractivity (Wildman–Crippen MR) is 89.2 cm³/mol. The average Bonchev–Trinajstić information content (AvgIpc) is 2.56. The van der Waals surface area contributed by atoms with Crippen LogP contribution in [0.25, 0.3) is 0 Å². The van der Waals surface area contributed by atoms with Crippen LogP contribution in [0.3, 0.4) is 0 Å². The Bertz CT molecular complexity index is 556. The van der Waals surface area contributed by atoms with Crippen LogP contribution in [0.1, 0.15) is 12.5 Å². The van der Waals surface area contributed by atoms with Gasteiger partial charge in [0.05, 0.1) is 19.3 Å². The molecule has 0 radical (unpaired) electrons. The summed E-state index contributed by atoms with van der Waals surface area (Å²) in [5.74, 6) is 1.38. The van der Waals surface area contributed by atoms with Crippen LogP contribution in [0.4, 0.5) is 4.39 Å². The van der Waals surface area contributed by atoms with Gasteiger partial charge in [0.2, 0.25) is 0 Å². The standard InChI is InChI=1S/C17H21ClFNO2/c1-4-14(18)15(19)7-5-6-10-20-12-13-8-9-16(21-2)17(11-13)22-3/h4-11,15,20H,12H2,1-3H3/b7-5?,10-6+,14-4+. The Kier molecular flexibility index (Phi) is 8.15. The molecule has 0 saturated heterocycles. The van der Waals surface area contributed by atoms with E-state index in [0.717, 1.165) is 5.56 Å². The number of methoxy groups -OCH3 is 2. The van der Waals surface area contributed by atoms with E-state index in [1.807, 2.05) is 18.2 Å². The van der Waals surface area contributed by atoms with Crippen LogP contribution in [-0.2, 0) is 6.54 Å². The van der Waals surface area contributed by atoms with Crippen LogP contribution in [0.5, 0.6) is 11.5 Å². The molecule has 0 aromatic heterocycles. The maximum atomic E-state index is 13.4. The Morgan fingerprint density at radius 3 is 2.64 bits per heavy atom. The molecule has 1 aromatic carbocycles. The average molecular weight is 326 g/mol. The van der Waals surface area contributed by atoms with Gasteiger partial charge in [-0.1, -0.05) is 29.8 Å². The summed E-state index contributed by atoms with van der Waals surface area (Å²) in [6, 6.07) is 5.70. The zero-order valence-corrected chi connectivity index (χ0v) is 13.7. The molecule has 0 spiro atoms. The number of benzene rings is 1. The number of alkyl halides is 1. The summed E-state index contributed by atoms with van der Waals surface area (Å²) in [4.78, 5) is 0. The van der Waals surface area contributed by atoms with Crippen LogP contribution in [-0.4, -0.2) is 20.4 Å². The van der Waals surface area contributed by atoms with E-state index in [1.54, 1.807) is 39.5 Å². The lowest BCUT2D eigenvalue weighted by Crippen LogP contribution is -2.04. The smallest absolute Gasteiger partial charge is 0.161 e. The van der Waals surface area contributed by atoms with E-state index in [4.69, 9.17) is 21.1 Å². The highest BCUT2D eigenvalue weighted by Gasteiger charge is 2.04. The Balaban J connectivity index is 2.47. The summed E-state index contributed by atoms with van der Waals surface area (Å²) in [5, 5.41) is 3.29. The molecular weight excluding hydrogens is 305 g/mol. The predicted octanol–water partition coefficient (Wildman–Crippen LogP) is 4.34. The van der Waals surface area contributed by atoms with Crippen molar-refractivity contribution in [3.8, 4) is 11.5 Å². The second-order valence-electron chi connectivity index (χ2n) is 4.39. The van der Waals surface area contributed by atoms with Crippen LogP contribution < -0.4 is 14.8 Å². The van der Waals surface area contributed by atoms with Crippen molar-refractivity contribution < 1.29 is 13.9 Å². The Morgan fingerprint density at radius 2 is 2.00 bits per heavy atom. The van der Waals surface area contributed by atoms with Gasteiger partial charge >= 0.3 is 0 Å². The monoisotopic (exact) mass is 325 g/mol. The Hall–Kier alpha value is -1.94. The minimum Gasteiger partial charge on any atom is -0.493 e. The SMILES string of the molecule is C/C=C(/Cl)C(F)C=C/C=C/NCc1ccc(OC)c(OC)c1. The van der Waals surface area contributed by atoms with Gasteiger partial charge in [0.25, 0.3) is 0 Å². The van der Waals surface area contributed by atoms with Crippen molar-refractivity contribution in [3.63, 3.8) is 0 Å². The zero-order valence-electron chi connectivity index (χ0n) is 13.0. The maximum absolute atomic E-state index is 13.4. The van der Waals surface area contributed by atoms with Crippen molar-refractivity contribution in [2.75, 3.05) is 14.2 Å². The summed E-state index contributed by atoms with van der Waals surface area (Å²) in [6.07, 6.45) is 6.73. The van der Waals surface area contributed by atoms with Crippen LogP contribution in [0.15, 0.2) is 53.7 Å².